The molecule has 0 aliphatic heterocycles. The number of nitrogens with two attached hydrogens (primary N) is 1. The Labute approximate surface area is 181 Å². The Kier molecular flexibility index (Phi) is 7.31. The molecule has 0 saturated carbocycles. The second-order valence-electron chi connectivity index (χ2n) is 7.60. The van der Waals surface area contributed by atoms with E-state index in [4.69, 9.17) is 24.7 Å². The molecule has 3 aromatic rings. The molecule has 0 aliphatic carbocycles. The molecule has 7 nitrogen and oxygen atoms in total. The Morgan fingerprint density at radius 3 is 2.35 bits per heavy atom. The van der Waals surface area contributed by atoms with Crippen molar-refractivity contribution in [3.63, 3.8) is 0 Å². The van der Waals surface area contributed by atoms with Crippen molar-refractivity contribution in [1.82, 2.24) is 4.98 Å². The highest BCUT2D eigenvalue weighted by atomic mass is 16.5. The summed E-state index contributed by atoms with van der Waals surface area (Å²) < 4.78 is 17.3. The van der Waals surface area contributed by atoms with Crippen molar-refractivity contribution < 1.29 is 23.8 Å². The van der Waals surface area contributed by atoms with E-state index in [1.807, 2.05) is 69.3 Å². The van der Waals surface area contributed by atoms with Gasteiger partial charge in [-0.25, -0.2) is 4.98 Å². The van der Waals surface area contributed by atoms with E-state index >= 15 is 0 Å². The van der Waals surface area contributed by atoms with Gasteiger partial charge in [0.2, 0.25) is 5.89 Å². The fourth-order valence-corrected chi connectivity index (χ4v) is 3.06. The highest BCUT2D eigenvalue weighted by Gasteiger charge is 2.13. The van der Waals surface area contributed by atoms with Gasteiger partial charge in [0.25, 0.3) is 0 Å². The number of carbonyl (C=O) groups is 1. The number of hydrogen-bond donors (Lipinski definition) is 2. The molecule has 0 unspecified atom stereocenters. The van der Waals surface area contributed by atoms with Crippen LogP contribution in [0.4, 0.5) is 0 Å². The van der Waals surface area contributed by atoms with Gasteiger partial charge in [0.1, 0.15) is 23.3 Å². The van der Waals surface area contributed by atoms with Gasteiger partial charge in [-0.05, 0) is 69.2 Å². The molecule has 0 amide bonds. The zero-order valence-electron chi connectivity index (χ0n) is 18.0. The van der Waals surface area contributed by atoms with Gasteiger partial charge >= 0.3 is 5.97 Å². The van der Waals surface area contributed by atoms with Gasteiger partial charge in [-0.15, -0.1) is 0 Å². The maximum atomic E-state index is 10.9. The summed E-state index contributed by atoms with van der Waals surface area (Å²) in [4.78, 5) is 15.5. The van der Waals surface area contributed by atoms with Gasteiger partial charge < -0.3 is 24.7 Å². The number of carboxylic acids is 1. The number of aryl methyl sites for hydroxylation is 1. The second kappa shape index (κ2) is 10.1. The predicted molar refractivity (Wildman–Crippen MR) is 117 cm³/mol. The third-order valence-electron chi connectivity index (χ3n) is 4.67. The minimum atomic E-state index is -1.01. The zero-order chi connectivity index (χ0) is 22.4. The van der Waals surface area contributed by atoms with Crippen molar-refractivity contribution >= 4 is 5.97 Å². The van der Waals surface area contributed by atoms with E-state index in [2.05, 4.69) is 4.98 Å². The van der Waals surface area contributed by atoms with Crippen LogP contribution >= 0.6 is 0 Å². The van der Waals surface area contributed by atoms with Crippen molar-refractivity contribution in [2.24, 2.45) is 5.73 Å². The SMILES string of the molecule is Cc1oc(-c2ccc(OC(C)C)cc2)nc1CCOc1ccc(C[C@H](N)C(=O)O)cc1. The molecule has 3 N–H and O–H groups in total. The number of rotatable bonds is 10. The molecule has 1 aromatic heterocycles. The summed E-state index contributed by atoms with van der Waals surface area (Å²) in [6, 6.07) is 14.0. The molecule has 3 rings (SSSR count). The lowest BCUT2D eigenvalue weighted by Crippen LogP contribution is -2.32. The Morgan fingerprint density at radius 2 is 1.74 bits per heavy atom. The van der Waals surface area contributed by atoms with Gasteiger partial charge in [0.15, 0.2) is 0 Å². The molecule has 1 atom stereocenters. The van der Waals surface area contributed by atoms with Crippen molar-refractivity contribution in [2.75, 3.05) is 6.61 Å². The number of nitrogens with zero attached hydrogens (tertiary/aromatic N) is 1. The first-order valence-electron chi connectivity index (χ1n) is 10.3. The lowest BCUT2D eigenvalue weighted by Gasteiger charge is -2.09. The maximum absolute atomic E-state index is 10.9. The van der Waals surface area contributed by atoms with Crippen LogP contribution in [0.15, 0.2) is 52.9 Å². The summed E-state index contributed by atoms with van der Waals surface area (Å²) in [5.74, 6) is 1.84. The normalized spacial score (nSPS) is 12.0. The first kappa shape index (κ1) is 22.4. The molecule has 7 heteroatoms. The number of benzene rings is 2. The number of carboxylic acid groups (broad SMARTS) is 1. The summed E-state index contributed by atoms with van der Waals surface area (Å²) >= 11 is 0. The smallest absolute Gasteiger partial charge is 0.320 e. The van der Waals surface area contributed by atoms with Gasteiger partial charge in [0.05, 0.1) is 18.4 Å². The predicted octanol–water partition coefficient (Wildman–Crippen LogP) is 4.01. The molecule has 0 aliphatic rings. The lowest BCUT2D eigenvalue weighted by molar-refractivity contribution is -0.138. The Morgan fingerprint density at radius 1 is 1.10 bits per heavy atom. The van der Waals surface area contributed by atoms with Crippen molar-refractivity contribution in [3.05, 3.63) is 65.5 Å². The Balaban J connectivity index is 1.54. The Bertz CT molecular complexity index is 994. The molecule has 0 radical (unpaired) electrons. The van der Waals surface area contributed by atoms with Crippen molar-refractivity contribution in [2.45, 2.75) is 45.8 Å². The minimum Gasteiger partial charge on any atom is -0.493 e. The van der Waals surface area contributed by atoms with Crippen LogP contribution in [-0.4, -0.2) is 34.8 Å². The van der Waals surface area contributed by atoms with Gasteiger partial charge in [0, 0.05) is 12.0 Å². The average molecular weight is 424 g/mol. The molecule has 164 valence electrons. The molecule has 1 heterocycles. The van der Waals surface area contributed by atoms with Crippen LogP contribution in [0.25, 0.3) is 11.5 Å². The molecule has 0 saturated heterocycles. The third-order valence-corrected chi connectivity index (χ3v) is 4.67. The van der Waals surface area contributed by atoms with Crippen LogP contribution in [0, 0.1) is 6.92 Å². The number of ether oxygens (including phenoxy) is 2. The number of hydrogen-bond acceptors (Lipinski definition) is 6. The molecular weight excluding hydrogens is 396 g/mol. The summed E-state index contributed by atoms with van der Waals surface area (Å²) in [7, 11) is 0. The summed E-state index contributed by atoms with van der Waals surface area (Å²) in [5, 5.41) is 8.89. The summed E-state index contributed by atoms with van der Waals surface area (Å²) in [6.07, 6.45) is 1.01. The van der Waals surface area contributed by atoms with Crippen LogP contribution in [0.5, 0.6) is 11.5 Å². The number of oxazole rings is 1. The summed E-state index contributed by atoms with van der Waals surface area (Å²) in [5.41, 5.74) is 8.15. The van der Waals surface area contributed by atoms with Crippen LogP contribution in [0.3, 0.4) is 0 Å². The topological polar surface area (TPSA) is 108 Å². The van der Waals surface area contributed by atoms with E-state index in [-0.39, 0.29) is 12.5 Å². The fourth-order valence-electron chi connectivity index (χ4n) is 3.06. The van der Waals surface area contributed by atoms with E-state index in [1.165, 1.54) is 0 Å². The van der Waals surface area contributed by atoms with E-state index in [0.29, 0.717) is 24.7 Å². The molecule has 0 bridgehead atoms. The average Bonchev–Trinajstić information content (AvgIpc) is 3.10. The largest absolute Gasteiger partial charge is 0.493 e. The molecule has 31 heavy (non-hydrogen) atoms. The third kappa shape index (κ3) is 6.33. The van der Waals surface area contributed by atoms with Crippen molar-refractivity contribution in [1.29, 1.82) is 0 Å². The van der Waals surface area contributed by atoms with Crippen LogP contribution < -0.4 is 15.2 Å². The van der Waals surface area contributed by atoms with Gasteiger partial charge in [-0.2, -0.15) is 0 Å². The number of aliphatic carboxylic acids is 1. The molecule has 0 spiro atoms. The first-order chi connectivity index (χ1) is 14.8. The Hall–Kier alpha value is -3.32. The molecule has 2 aromatic carbocycles. The van der Waals surface area contributed by atoms with E-state index < -0.39 is 12.0 Å². The fraction of sp³-hybridized carbons (Fsp3) is 0.333. The summed E-state index contributed by atoms with van der Waals surface area (Å²) in [6.45, 7) is 6.32. The monoisotopic (exact) mass is 424 g/mol. The quantitative estimate of drug-likeness (QED) is 0.506. The highest BCUT2D eigenvalue weighted by molar-refractivity contribution is 5.73. The van der Waals surface area contributed by atoms with Crippen LogP contribution in [0.1, 0.15) is 30.9 Å². The number of aromatic nitrogens is 1. The van der Waals surface area contributed by atoms with Crippen LogP contribution in [0.2, 0.25) is 0 Å². The van der Waals surface area contributed by atoms with E-state index in [1.54, 1.807) is 0 Å². The molecule has 0 fully saturated rings. The van der Waals surface area contributed by atoms with Crippen molar-refractivity contribution in [3.8, 4) is 23.0 Å². The van der Waals surface area contributed by atoms with Crippen LogP contribution in [-0.2, 0) is 17.6 Å². The minimum absolute atomic E-state index is 0.125. The second-order valence-corrected chi connectivity index (χ2v) is 7.60. The standard InChI is InChI=1S/C24H28N2O5/c1-15(2)30-20-10-6-18(7-11-20)23-26-22(16(3)31-23)12-13-29-19-8-4-17(5-9-19)14-21(25)24(27)28/h4-11,15,21H,12-14,25H2,1-3H3,(H,27,28)/t21-/m0/s1. The maximum Gasteiger partial charge on any atom is 0.320 e. The zero-order valence-corrected chi connectivity index (χ0v) is 18.0. The van der Waals surface area contributed by atoms with Gasteiger partial charge in [-0.1, -0.05) is 12.1 Å². The van der Waals surface area contributed by atoms with Gasteiger partial charge in [-0.3, -0.25) is 4.79 Å². The highest BCUT2D eigenvalue weighted by Crippen LogP contribution is 2.25. The molecular formula is C24H28N2O5. The lowest BCUT2D eigenvalue weighted by atomic mass is 10.1. The first-order valence-corrected chi connectivity index (χ1v) is 10.3. The van der Waals surface area contributed by atoms with E-state index in [9.17, 15) is 4.79 Å². The van der Waals surface area contributed by atoms with E-state index in [0.717, 1.165) is 28.3 Å².